The van der Waals surface area contributed by atoms with E-state index in [1.54, 1.807) is 6.08 Å². The van der Waals surface area contributed by atoms with Gasteiger partial charge in [-0.3, -0.25) is 0 Å². The van der Waals surface area contributed by atoms with Gasteiger partial charge in [-0.15, -0.1) is 0 Å². The fraction of sp³-hybridized carbons (Fsp3) is 0.706. The summed E-state index contributed by atoms with van der Waals surface area (Å²) in [6, 6.07) is 2.67. The van der Waals surface area contributed by atoms with E-state index in [9.17, 15) is 9.65 Å². The van der Waals surface area contributed by atoms with Crippen molar-refractivity contribution in [2.75, 3.05) is 0 Å². The summed E-state index contributed by atoms with van der Waals surface area (Å²) in [6.45, 7) is 8.56. The van der Waals surface area contributed by atoms with Crippen molar-refractivity contribution in [2.45, 2.75) is 52.6 Å². The number of nitrogens with zero attached hydrogens (tertiary/aromatic N) is 1. The lowest BCUT2D eigenvalue weighted by Crippen LogP contribution is -2.33. The van der Waals surface area contributed by atoms with Gasteiger partial charge in [0.2, 0.25) is 0 Å². The van der Waals surface area contributed by atoms with Gasteiger partial charge in [0.15, 0.2) is 0 Å². The maximum Gasteiger partial charge on any atom is 0.122 e. The summed E-state index contributed by atoms with van der Waals surface area (Å²) in [5.41, 5.74) is 0.139. The zero-order valence-corrected chi connectivity index (χ0v) is 13.9. The van der Waals surface area contributed by atoms with Gasteiger partial charge in [-0.2, -0.15) is 5.26 Å². The van der Waals surface area contributed by atoms with Crippen LogP contribution < -0.4 is 5.32 Å². The van der Waals surface area contributed by atoms with Gasteiger partial charge in [-0.1, -0.05) is 38.4 Å². The van der Waals surface area contributed by atoms with E-state index in [1.807, 2.05) is 6.08 Å². The highest BCUT2D eigenvalue weighted by atomic mass is 35.5. The van der Waals surface area contributed by atoms with Crippen molar-refractivity contribution in [3.8, 4) is 6.07 Å². The van der Waals surface area contributed by atoms with Crippen LogP contribution in [0.5, 0.6) is 0 Å². The Morgan fingerprint density at radius 2 is 2.14 bits per heavy atom. The lowest BCUT2D eigenvalue weighted by Gasteiger charge is -2.29. The molecule has 0 saturated carbocycles. The molecule has 1 fully saturated rings. The lowest BCUT2D eigenvalue weighted by molar-refractivity contribution is 0.253. The highest BCUT2D eigenvalue weighted by Gasteiger charge is 2.47. The summed E-state index contributed by atoms with van der Waals surface area (Å²) in [5, 5.41) is 13.3. The Kier molecular flexibility index (Phi) is 4.80. The fourth-order valence-corrected chi connectivity index (χ4v) is 3.99. The predicted molar refractivity (Wildman–Crippen MR) is 84.3 cm³/mol. The van der Waals surface area contributed by atoms with Crippen molar-refractivity contribution in [2.24, 2.45) is 23.2 Å². The summed E-state index contributed by atoms with van der Waals surface area (Å²) in [7, 11) is 0. The highest BCUT2D eigenvalue weighted by molar-refractivity contribution is 6.31. The Bertz CT molecular complexity index is 498. The fourth-order valence-electron chi connectivity index (χ4n) is 3.76. The van der Waals surface area contributed by atoms with E-state index in [-0.39, 0.29) is 46.1 Å². The van der Waals surface area contributed by atoms with Crippen molar-refractivity contribution < 1.29 is 4.39 Å². The molecule has 2 nitrogen and oxygen atoms in total. The standard InChI is InChI=1S/C17H24ClFN2/c1-10-15(11-6-5-7-13(18)16(11)19)12(9-20)14(21-10)8-17(2,3)4/h5,7,10-12,14-15,21H,6,8H2,1-4H3/t10-,11?,12?,14?,15?/m0/s1. The second-order valence-corrected chi connectivity index (χ2v) is 7.91. The van der Waals surface area contributed by atoms with Crippen LogP contribution in [-0.2, 0) is 0 Å². The molecule has 0 bridgehead atoms. The average molecular weight is 311 g/mol. The number of hydrogen-bond acceptors (Lipinski definition) is 2. The van der Waals surface area contributed by atoms with E-state index in [4.69, 9.17) is 11.6 Å². The minimum Gasteiger partial charge on any atom is -0.310 e. The molecule has 0 aromatic rings. The molecule has 0 spiro atoms. The van der Waals surface area contributed by atoms with Crippen LogP contribution in [0.15, 0.2) is 23.0 Å². The third-order valence-corrected chi connectivity index (χ3v) is 4.86. The third kappa shape index (κ3) is 3.49. The Balaban J connectivity index is 2.24. The first kappa shape index (κ1) is 16.5. The zero-order valence-electron chi connectivity index (χ0n) is 13.2. The summed E-state index contributed by atoms with van der Waals surface area (Å²) in [6.07, 6.45) is 5.07. The zero-order chi connectivity index (χ0) is 15.8. The molecule has 0 aromatic heterocycles. The molecule has 5 atom stereocenters. The maximum atomic E-state index is 14.4. The van der Waals surface area contributed by atoms with Crippen LogP contribution in [0.2, 0.25) is 0 Å². The molecule has 0 aromatic carbocycles. The molecule has 0 radical (unpaired) electrons. The molecule has 2 rings (SSSR count). The molecule has 21 heavy (non-hydrogen) atoms. The minimum atomic E-state index is -0.278. The quantitative estimate of drug-likeness (QED) is 0.813. The van der Waals surface area contributed by atoms with Gasteiger partial charge >= 0.3 is 0 Å². The molecular formula is C17H24ClFN2. The topological polar surface area (TPSA) is 35.8 Å². The summed E-state index contributed by atoms with van der Waals surface area (Å²) in [5.74, 6) is -0.735. The number of hydrogen-bond donors (Lipinski definition) is 1. The van der Waals surface area contributed by atoms with Crippen LogP contribution in [0.4, 0.5) is 4.39 Å². The third-order valence-electron chi connectivity index (χ3n) is 4.56. The molecule has 116 valence electrons. The number of halogens is 2. The van der Waals surface area contributed by atoms with Gasteiger partial charge in [-0.25, -0.2) is 4.39 Å². The predicted octanol–water partition coefficient (Wildman–Crippen LogP) is 4.53. The number of nitriles is 1. The Hall–Kier alpha value is -0.850. The maximum absolute atomic E-state index is 14.4. The summed E-state index contributed by atoms with van der Waals surface area (Å²) < 4.78 is 14.4. The number of allylic oxidation sites excluding steroid dienone is 4. The smallest absolute Gasteiger partial charge is 0.122 e. The van der Waals surface area contributed by atoms with Crippen LogP contribution in [0.3, 0.4) is 0 Å². The number of rotatable bonds is 2. The molecule has 2 aliphatic rings. The molecule has 0 amide bonds. The van der Waals surface area contributed by atoms with E-state index >= 15 is 0 Å². The van der Waals surface area contributed by atoms with Crippen LogP contribution in [-0.4, -0.2) is 12.1 Å². The van der Waals surface area contributed by atoms with Crippen LogP contribution in [0, 0.1) is 34.5 Å². The molecule has 4 unspecified atom stereocenters. The van der Waals surface area contributed by atoms with E-state index in [0.29, 0.717) is 6.42 Å². The van der Waals surface area contributed by atoms with E-state index in [1.165, 1.54) is 0 Å². The molecule has 1 aliphatic carbocycles. The lowest BCUT2D eigenvalue weighted by atomic mass is 9.73. The molecular weight excluding hydrogens is 287 g/mol. The van der Waals surface area contributed by atoms with Gasteiger partial charge < -0.3 is 5.32 Å². The second-order valence-electron chi connectivity index (χ2n) is 7.50. The van der Waals surface area contributed by atoms with Crippen molar-refractivity contribution in [1.82, 2.24) is 5.32 Å². The highest BCUT2D eigenvalue weighted by Crippen LogP contribution is 2.44. The first-order valence-corrected chi connectivity index (χ1v) is 8.00. The molecule has 1 aliphatic heterocycles. The van der Waals surface area contributed by atoms with Gasteiger partial charge in [0.05, 0.1) is 17.0 Å². The van der Waals surface area contributed by atoms with Crippen LogP contribution in [0.25, 0.3) is 0 Å². The SMILES string of the molecule is C[C@@H]1NC(CC(C)(C)C)C(C#N)C1C1CC=CC(Cl)=C1F. The molecule has 1 heterocycles. The van der Waals surface area contributed by atoms with Crippen molar-refractivity contribution >= 4 is 11.6 Å². The summed E-state index contributed by atoms with van der Waals surface area (Å²) >= 11 is 5.94. The second kappa shape index (κ2) is 6.10. The van der Waals surface area contributed by atoms with Gasteiger partial charge in [-0.05, 0) is 31.3 Å². The monoisotopic (exact) mass is 310 g/mol. The Morgan fingerprint density at radius 1 is 1.48 bits per heavy atom. The van der Waals surface area contributed by atoms with Crippen molar-refractivity contribution in [3.63, 3.8) is 0 Å². The molecule has 1 saturated heterocycles. The summed E-state index contributed by atoms with van der Waals surface area (Å²) in [4.78, 5) is 0. The average Bonchev–Trinajstić information content (AvgIpc) is 2.66. The van der Waals surface area contributed by atoms with Crippen LogP contribution in [0.1, 0.15) is 40.5 Å². The van der Waals surface area contributed by atoms with Crippen molar-refractivity contribution in [1.29, 1.82) is 5.26 Å². The van der Waals surface area contributed by atoms with E-state index in [2.05, 4.69) is 39.1 Å². The normalized spacial score (nSPS) is 36.9. The Morgan fingerprint density at radius 3 is 2.71 bits per heavy atom. The largest absolute Gasteiger partial charge is 0.310 e. The van der Waals surface area contributed by atoms with E-state index < -0.39 is 0 Å². The molecule has 4 heteroatoms. The van der Waals surface area contributed by atoms with Gasteiger partial charge in [0.1, 0.15) is 5.83 Å². The minimum absolute atomic E-state index is 0.0268. The number of nitrogens with one attached hydrogen (secondary N) is 1. The Labute approximate surface area is 132 Å². The van der Waals surface area contributed by atoms with E-state index in [0.717, 1.165) is 6.42 Å². The first-order chi connectivity index (χ1) is 9.74. The van der Waals surface area contributed by atoms with Crippen molar-refractivity contribution in [3.05, 3.63) is 23.0 Å². The van der Waals surface area contributed by atoms with Gasteiger partial charge in [0.25, 0.3) is 0 Å². The molecule has 1 N–H and O–H groups in total. The first-order valence-electron chi connectivity index (χ1n) is 7.62. The van der Waals surface area contributed by atoms with Crippen LogP contribution >= 0.6 is 11.6 Å². The van der Waals surface area contributed by atoms with Gasteiger partial charge in [0, 0.05) is 23.9 Å².